The van der Waals surface area contributed by atoms with Gasteiger partial charge in [-0.05, 0) is 110 Å². The average molecular weight is 613 g/mol. The van der Waals surface area contributed by atoms with Crippen molar-refractivity contribution in [1.82, 2.24) is 0 Å². The minimum atomic E-state index is -4.99. The van der Waals surface area contributed by atoms with Crippen LogP contribution in [0, 0.1) is 52.9 Å². The molecule has 5 rings (SSSR count). The first-order chi connectivity index (χ1) is 20.2. The molecule has 2 fully saturated rings. The second kappa shape index (κ2) is 12.0. The van der Waals surface area contributed by atoms with E-state index in [0.29, 0.717) is 23.5 Å². The molecule has 43 heavy (non-hydrogen) atoms. The van der Waals surface area contributed by atoms with Crippen molar-refractivity contribution in [3.05, 3.63) is 76.4 Å². The number of rotatable bonds is 5. The fourth-order valence-corrected chi connectivity index (χ4v) is 6.61. The fraction of sp³-hybridized carbons (Fsp3) is 0.455. The molecule has 0 bridgehead atoms. The Morgan fingerprint density at radius 1 is 0.721 bits per heavy atom. The molecule has 2 aliphatic carbocycles. The summed E-state index contributed by atoms with van der Waals surface area (Å²) in [6, 6.07) is 4.91. The summed E-state index contributed by atoms with van der Waals surface area (Å²) >= 11 is 0. The van der Waals surface area contributed by atoms with Gasteiger partial charge in [0.25, 0.3) is 0 Å². The summed E-state index contributed by atoms with van der Waals surface area (Å²) in [5.41, 5.74) is -2.44. The molecule has 3 aromatic rings. The highest BCUT2D eigenvalue weighted by molar-refractivity contribution is 5.86. The number of ether oxygens (including phenoxy) is 1. The van der Waals surface area contributed by atoms with E-state index in [1.807, 2.05) is 0 Å². The maximum atomic E-state index is 15.1. The second-order valence-corrected chi connectivity index (χ2v) is 11.8. The first-order valence-corrected chi connectivity index (χ1v) is 14.3. The molecule has 2 aliphatic rings. The first kappa shape index (κ1) is 31.1. The Bertz CT molecular complexity index is 1530. The summed E-state index contributed by atoms with van der Waals surface area (Å²) in [4.78, 5) is 0. The van der Waals surface area contributed by atoms with Crippen LogP contribution in [-0.4, -0.2) is 6.18 Å². The number of halogens is 9. The van der Waals surface area contributed by atoms with Crippen molar-refractivity contribution < 1.29 is 44.3 Å². The van der Waals surface area contributed by atoms with E-state index >= 15 is 17.6 Å². The van der Waals surface area contributed by atoms with Gasteiger partial charge in [-0.15, -0.1) is 0 Å². The lowest BCUT2D eigenvalue weighted by Gasteiger charge is -2.37. The minimum Gasteiger partial charge on any atom is -0.429 e. The predicted molar refractivity (Wildman–Crippen MR) is 143 cm³/mol. The zero-order valence-electron chi connectivity index (χ0n) is 23.2. The van der Waals surface area contributed by atoms with E-state index in [4.69, 9.17) is 0 Å². The molecular weight excluding hydrogens is 583 g/mol. The van der Waals surface area contributed by atoms with Crippen LogP contribution in [0.4, 0.5) is 39.5 Å². The Morgan fingerprint density at radius 2 is 1.30 bits per heavy atom. The highest BCUT2D eigenvalue weighted by Crippen LogP contribution is 2.45. The van der Waals surface area contributed by atoms with E-state index in [0.717, 1.165) is 67.9 Å². The van der Waals surface area contributed by atoms with E-state index < -0.39 is 57.8 Å². The van der Waals surface area contributed by atoms with Gasteiger partial charge in [-0.3, -0.25) is 0 Å². The molecule has 0 saturated heterocycles. The lowest BCUT2D eigenvalue weighted by Crippen LogP contribution is -2.26. The minimum absolute atomic E-state index is 0.151. The van der Waals surface area contributed by atoms with Gasteiger partial charge in [0, 0.05) is 11.3 Å². The van der Waals surface area contributed by atoms with Crippen molar-refractivity contribution in [3.63, 3.8) is 0 Å². The monoisotopic (exact) mass is 612 g/mol. The van der Waals surface area contributed by atoms with Gasteiger partial charge < -0.3 is 4.74 Å². The Kier molecular flexibility index (Phi) is 8.65. The SMILES string of the molecule is CC1CCC(C2CCC(c3cc(F)c(C(F)(F)Oc4ccc5c(F)c(C#CC(F)(F)F)c(F)cc5c4)c(F)c3)CC2)CC1. The lowest BCUT2D eigenvalue weighted by atomic mass is 9.68. The molecule has 0 atom stereocenters. The van der Waals surface area contributed by atoms with Gasteiger partial charge >= 0.3 is 12.3 Å². The number of hydrogen-bond acceptors (Lipinski definition) is 1. The molecule has 10 heteroatoms. The lowest BCUT2D eigenvalue weighted by molar-refractivity contribution is -0.189. The molecule has 0 amide bonds. The van der Waals surface area contributed by atoms with Gasteiger partial charge in [0.1, 0.15) is 34.6 Å². The van der Waals surface area contributed by atoms with Crippen molar-refractivity contribution in [3.8, 4) is 17.6 Å². The van der Waals surface area contributed by atoms with Gasteiger partial charge in [-0.1, -0.05) is 25.7 Å². The molecule has 0 aromatic heterocycles. The molecule has 0 heterocycles. The van der Waals surface area contributed by atoms with Crippen LogP contribution < -0.4 is 4.74 Å². The number of fused-ring (bicyclic) bond motifs is 1. The number of hydrogen-bond donors (Lipinski definition) is 0. The van der Waals surface area contributed by atoms with Crippen molar-refractivity contribution in [1.29, 1.82) is 0 Å². The Balaban J connectivity index is 1.32. The Hall–Kier alpha value is -3.35. The topological polar surface area (TPSA) is 9.23 Å². The molecule has 1 nitrogen and oxygen atoms in total. The Labute approximate surface area is 243 Å². The highest BCUT2D eigenvalue weighted by atomic mass is 19.4. The van der Waals surface area contributed by atoms with Crippen LogP contribution in [0.1, 0.15) is 80.9 Å². The van der Waals surface area contributed by atoms with Gasteiger partial charge in [-0.2, -0.15) is 22.0 Å². The van der Waals surface area contributed by atoms with E-state index in [1.54, 1.807) is 0 Å². The molecule has 230 valence electrons. The van der Waals surface area contributed by atoms with Crippen LogP contribution in [0.15, 0.2) is 36.4 Å². The molecule has 2 saturated carbocycles. The highest BCUT2D eigenvalue weighted by Gasteiger charge is 2.42. The molecule has 3 aromatic carbocycles. The number of benzene rings is 3. The zero-order chi connectivity index (χ0) is 31.1. The third-order valence-corrected chi connectivity index (χ3v) is 8.90. The maximum Gasteiger partial charge on any atom is 0.458 e. The van der Waals surface area contributed by atoms with Crippen LogP contribution in [0.2, 0.25) is 0 Å². The summed E-state index contributed by atoms with van der Waals surface area (Å²) in [6.45, 7) is 2.26. The molecular formula is C33H29F9O. The fourth-order valence-electron chi connectivity index (χ4n) is 6.61. The largest absolute Gasteiger partial charge is 0.458 e. The predicted octanol–water partition coefficient (Wildman–Crippen LogP) is 10.5. The van der Waals surface area contributed by atoms with E-state index in [2.05, 4.69) is 11.7 Å². The summed E-state index contributed by atoms with van der Waals surface area (Å²) in [5, 5.41) is -0.756. The van der Waals surface area contributed by atoms with Crippen LogP contribution in [-0.2, 0) is 6.11 Å². The summed E-state index contributed by atoms with van der Waals surface area (Å²) < 4.78 is 131. The van der Waals surface area contributed by atoms with Crippen LogP contribution in [0.5, 0.6) is 5.75 Å². The third-order valence-electron chi connectivity index (χ3n) is 8.90. The Morgan fingerprint density at radius 3 is 1.88 bits per heavy atom. The van der Waals surface area contributed by atoms with Crippen molar-refractivity contribution >= 4 is 10.8 Å². The third kappa shape index (κ3) is 6.91. The summed E-state index contributed by atoms with van der Waals surface area (Å²) in [6.07, 6.45) is -1.38. The quantitative estimate of drug-likeness (QED) is 0.206. The van der Waals surface area contributed by atoms with E-state index in [9.17, 15) is 22.0 Å². The van der Waals surface area contributed by atoms with Gasteiger partial charge in [0.15, 0.2) is 0 Å². The van der Waals surface area contributed by atoms with Crippen molar-refractivity contribution in [2.75, 3.05) is 0 Å². The zero-order valence-corrected chi connectivity index (χ0v) is 23.2. The smallest absolute Gasteiger partial charge is 0.429 e. The average Bonchev–Trinajstić information content (AvgIpc) is 2.92. The van der Waals surface area contributed by atoms with E-state index in [-0.39, 0.29) is 11.3 Å². The van der Waals surface area contributed by atoms with Crippen molar-refractivity contribution in [2.45, 2.75) is 76.5 Å². The number of alkyl halides is 5. The van der Waals surface area contributed by atoms with Crippen LogP contribution in [0.3, 0.4) is 0 Å². The molecule has 0 aliphatic heterocycles. The maximum absolute atomic E-state index is 15.1. The van der Waals surface area contributed by atoms with Gasteiger partial charge in [0.2, 0.25) is 0 Å². The summed E-state index contributed by atoms with van der Waals surface area (Å²) in [7, 11) is 0. The first-order valence-electron chi connectivity index (χ1n) is 14.3. The summed E-state index contributed by atoms with van der Waals surface area (Å²) in [5.74, 6) is -2.53. The van der Waals surface area contributed by atoms with E-state index in [1.165, 1.54) is 31.6 Å². The molecule has 0 unspecified atom stereocenters. The molecule has 0 spiro atoms. The molecule has 0 radical (unpaired) electrons. The van der Waals surface area contributed by atoms with Crippen molar-refractivity contribution in [2.24, 2.45) is 17.8 Å². The van der Waals surface area contributed by atoms with Crippen LogP contribution in [0.25, 0.3) is 10.8 Å². The van der Waals surface area contributed by atoms with Crippen LogP contribution >= 0.6 is 0 Å². The normalized spacial score (nSPS) is 23.1. The standard InChI is InChI=1S/C33H29F9O/c1-18-2-4-19(5-3-18)20-6-8-21(9-7-20)22-15-28(35)30(29(36)16-22)33(41,42)43-24-10-11-25-23(14-24)17-27(34)26(31(25)37)12-13-32(38,39)40/h10-11,14-21H,2-9H2,1H3. The molecule has 0 N–H and O–H groups in total. The van der Waals surface area contributed by atoms with Gasteiger partial charge in [0.05, 0.1) is 5.56 Å². The second-order valence-electron chi connectivity index (χ2n) is 11.8. The van der Waals surface area contributed by atoms with Gasteiger partial charge in [-0.25, -0.2) is 17.6 Å².